The Hall–Kier alpha value is -3.88. The number of hydrogen-bond donors (Lipinski definition) is 4. The molecule has 0 spiro atoms. The first kappa shape index (κ1) is 24.8. The van der Waals surface area contributed by atoms with Crippen molar-refractivity contribution >= 4 is 40.5 Å². The summed E-state index contributed by atoms with van der Waals surface area (Å²) in [6.07, 6.45) is 3.42. The minimum Gasteiger partial charge on any atom is -0.507 e. The molecule has 0 saturated heterocycles. The first-order valence-corrected chi connectivity index (χ1v) is 11.5. The van der Waals surface area contributed by atoms with Gasteiger partial charge in [0.05, 0.1) is 17.7 Å². The Labute approximate surface area is 202 Å². The number of thiophene rings is 1. The number of anilines is 1. The number of rotatable bonds is 10. The number of allylic oxidation sites excluding steroid dienone is 1. The Balaban J connectivity index is 1.71. The Bertz CT molecular complexity index is 1220. The maximum atomic E-state index is 12.5. The van der Waals surface area contributed by atoms with Gasteiger partial charge in [-0.05, 0) is 42.1 Å². The standard InChI is InChI=1S/C26H26N2O5S/c1-3-20-17(16-34-24(20)21(4-2)25(31)27-12-13-29)15-33-19-9-7-8-18(14-19)28-26(32)22-10-5-6-11-23(22)30/h3-11,14,16,29-30H,1,12-13,15H2,2H3,(H,27,31)(H,28,32)/b21-4+. The summed E-state index contributed by atoms with van der Waals surface area (Å²) in [6.45, 7) is 5.95. The van der Waals surface area contributed by atoms with E-state index in [1.165, 1.54) is 17.4 Å². The van der Waals surface area contributed by atoms with Crippen molar-refractivity contribution in [2.24, 2.45) is 0 Å². The molecular weight excluding hydrogens is 452 g/mol. The lowest BCUT2D eigenvalue weighted by molar-refractivity contribution is -0.115. The van der Waals surface area contributed by atoms with Crippen LogP contribution in [0.3, 0.4) is 0 Å². The molecule has 0 saturated carbocycles. The number of amides is 2. The number of aliphatic hydroxyl groups excluding tert-OH is 1. The molecule has 0 bridgehead atoms. The van der Waals surface area contributed by atoms with E-state index in [0.717, 1.165) is 16.0 Å². The molecule has 0 unspecified atom stereocenters. The SMILES string of the molecule is C=Cc1c(COc2cccc(NC(=O)c3ccccc3O)c2)csc1/C(=C\C)C(=O)NCCO. The summed E-state index contributed by atoms with van der Waals surface area (Å²) >= 11 is 1.42. The van der Waals surface area contributed by atoms with Gasteiger partial charge in [-0.1, -0.05) is 36.9 Å². The van der Waals surface area contributed by atoms with E-state index in [4.69, 9.17) is 9.84 Å². The van der Waals surface area contributed by atoms with E-state index in [-0.39, 0.29) is 37.0 Å². The van der Waals surface area contributed by atoms with Crippen LogP contribution in [0.4, 0.5) is 5.69 Å². The average Bonchev–Trinajstić information content (AvgIpc) is 3.24. The number of hydrogen-bond acceptors (Lipinski definition) is 6. The number of phenols is 1. The summed E-state index contributed by atoms with van der Waals surface area (Å²) in [4.78, 5) is 25.7. The molecule has 0 aliphatic carbocycles. The van der Waals surface area contributed by atoms with Crippen molar-refractivity contribution in [3.05, 3.63) is 88.1 Å². The summed E-state index contributed by atoms with van der Waals surface area (Å²) in [5, 5.41) is 26.2. The molecule has 0 aliphatic heterocycles. The highest BCUT2D eigenvalue weighted by atomic mass is 32.1. The molecule has 7 nitrogen and oxygen atoms in total. The van der Waals surface area contributed by atoms with Crippen molar-refractivity contribution in [1.29, 1.82) is 0 Å². The van der Waals surface area contributed by atoms with Gasteiger partial charge in [-0.2, -0.15) is 0 Å². The predicted molar refractivity (Wildman–Crippen MR) is 135 cm³/mol. The first-order valence-electron chi connectivity index (χ1n) is 10.6. The van der Waals surface area contributed by atoms with E-state index in [1.807, 2.05) is 5.38 Å². The Morgan fingerprint density at radius 3 is 2.68 bits per heavy atom. The van der Waals surface area contributed by atoms with Crippen LogP contribution in [0, 0.1) is 0 Å². The van der Waals surface area contributed by atoms with Crippen LogP contribution in [0.5, 0.6) is 11.5 Å². The maximum absolute atomic E-state index is 12.5. The number of carbonyl (C=O) groups excluding carboxylic acids is 2. The van der Waals surface area contributed by atoms with Crippen molar-refractivity contribution < 1.29 is 24.5 Å². The molecule has 3 aromatic rings. The molecule has 8 heteroatoms. The van der Waals surface area contributed by atoms with Crippen LogP contribution < -0.4 is 15.4 Å². The van der Waals surface area contributed by atoms with E-state index in [2.05, 4.69) is 17.2 Å². The topological polar surface area (TPSA) is 108 Å². The van der Waals surface area contributed by atoms with Crippen LogP contribution in [0.15, 0.2) is 66.6 Å². The van der Waals surface area contributed by atoms with Crippen LogP contribution in [0.2, 0.25) is 0 Å². The van der Waals surface area contributed by atoms with Crippen LogP contribution in [0.1, 0.15) is 33.3 Å². The van der Waals surface area contributed by atoms with Crippen LogP contribution in [-0.2, 0) is 11.4 Å². The summed E-state index contributed by atoms with van der Waals surface area (Å²) < 4.78 is 5.94. The van der Waals surface area contributed by atoms with E-state index in [1.54, 1.807) is 61.5 Å². The lowest BCUT2D eigenvalue weighted by atomic mass is 10.1. The molecule has 176 valence electrons. The maximum Gasteiger partial charge on any atom is 0.259 e. The summed E-state index contributed by atoms with van der Waals surface area (Å²) in [6, 6.07) is 13.3. The predicted octanol–water partition coefficient (Wildman–Crippen LogP) is 4.44. The molecule has 0 radical (unpaired) electrons. The lowest BCUT2D eigenvalue weighted by Gasteiger charge is -2.11. The fraction of sp³-hybridized carbons (Fsp3) is 0.154. The van der Waals surface area contributed by atoms with Gasteiger partial charge in [-0.3, -0.25) is 9.59 Å². The molecular formula is C26H26N2O5S. The zero-order valence-electron chi connectivity index (χ0n) is 18.7. The molecule has 0 fully saturated rings. The number of carbonyl (C=O) groups is 2. The second kappa shape index (κ2) is 11.8. The van der Waals surface area contributed by atoms with Crippen LogP contribution >= 0.6 is 11.3 Å². The highest BCUT2D eigenvalue weighted by molar-refractivity contribution is 7.12. The number of ether oxygens (including phenoxy) is 1. The van der Waals surface area contributed by atoms with E-state index in [9.17, 15) is 14.7 Å². The van der Waals surface area contributed by atoms with Crippen molar-refractivity contribution in [1.82, 2.24) is 5.32 Å². The number of phenolic OH excluding ortho intramolecular Hbond substituents is 1. The third-order valence-electron chi connectivity index (χ3n) is 4.92. The molecule has 1 heterocycles. The second-order valence-corrected chi connectivity index (χ2v) is 8.06. The molecule has 2 amide bonds. The van der Waals surface area contributed by atoms with Gasteiger partial charge in [-0.25, -0.2) is 0 Å². The smallest absolute Gasteiger partial charge is 0.259 e. The van der Waals surface area contributed by atoms with Crippen molar-refractivity contribution in [2.45, 2.75) is 13.5 Å². The van der Waals surface area contributed by atoms with Gasteiger partial charge in [0.25, 0.3) is 11.8 Å². The van der Waals surface area contributed by atoms with Crippen molar-refractivity contribution in [3.8, 4) is 11.5 Å². The van der Waals surface area contributed by atoms with Gasteiger partial charge in [0, 0.05) is 28.7 Å². The lowest BCUT2D eigenvalue weighted by Crippen LogP contribution is -2.27. The number of benzene rings is 2. The van der Waals surface area contributed by atoms with Crippen LogP contribution in [-0.4, -0.2) is 35.2 Å². The largest absolute Gasteiger partial charge is 0.507 e. The summed E-state index contributed by atoms with van der Waals surface area (Å²) in [5.74, 6) is -0.236. The molecule has 3 rings (SSSR count). The van der Waals surface area contributed by atoms with Gasteiger partial charge in [0.15, 0.2) is 0 Å². The Kier molecular flexibility index (Phi) is 8.61. The first-order chi connectivity index (χ1) is 16.5. The van der Waals surface area contributed by atoms with Gasteiger partial charge in [0.2, 0.25) is 0 Å². The van der Waals surface area contributed by atoms with Gasteiger partial charge >= 0.3 is 0 Å². The molecule has 0 atom stereocenters. The number of nitrogens with one attached hydrogen (secondary N) is 2. The van der Waals surface area contributed by atoms with Crippen molar-refractivity contribution in [2.75, 3.05) is 18.5 Å². The summed E-state index contributed by atoms with van der Waals surface area (Å²) in [5.41, 5.74) is 2.89. The van der Waals surface area contributed by atoms with E-state index in [0.29, 0.717) is 17.0 Å². The molecule has 1 aromatic heterocycles. The average molecular weight is 479 g/mol. The van der Waals surface area contributed by atoms with Gasteiger partial charge in [-0.15, -0.1) is 11.3 Å². The zero-order valence-corrected chi connectivity index (χ0v) is 19.5. The normalized spacial score (nSPS) is 11.1. The van der Waals surface area contributed by atoms with Gasteiger partial charge < -0.3 is 25.6 Å². The summed E-state index contributed by atoms with van der Waals surface area (Å²) in [7, 11) is 0. The van der Waals surface area contributed by atoms with Crippen molar-refractivity contribution in [3.63, 3.8) is 0 Å². The quantitative estimate of drug-likeness (QED) is 0.322. The van der Waals surface area contributed by atoms with E-state index < -0.39 is 5.91 Å². The number of aromatic hydroxyl groups is 1. The Morgan fingerprint density at radius 2 is 1.97 bits per heavy atom. The second-order valence-electron chi connectivity index (χ2n) is 7.18. The Morgan fingerprint density at radius 1 is 1.18 bits per heavy atom. The van der Waals surface area contributed by atoms with Crippen LogP contribution in [0.25, 0.3) is 11.6 Å². The minimum absolute atomic E-state index is 0.0943. The minimum atomic E-state index is -0.426. The highest BCUT2D eigenvalue weighted by Crippen LogP contribution is 2.32. The fourth-order valence-corrected chi connectivity index (χ4v) is 4.40. The fourth-order valence-electron chi connectivity index (χ4n) is 3.27. The third kappa shape index (κ3) is 5.92. The molecule has 0 aliphatic rings. The zero-order chi connectivity index (χ0) is 24.5. The monoisotopic (exact) mass is 478 g/mol. The highest BCUT2D eigenvalue weighted by Gasteiger charge is 2.18. The number of para-hydroxylation sites is 1. The molecule has 2 aromatic carbocycles. The third-order valence-corrected chi connectivity index (χ3v) is 6.00. The molecule has 34 heavy (non-hydrogen) atoms. The number of aliphatic hydroxyl groups is 1. The van der Waals surface area contributed by atoms with E-state index >= 15 is 0 Å². The molecule has 4 N–H and O–H groups in total. The van der Waals surface area contributed by atoms with Gasteiger partial charge in [0.1, 0.15) is 18.1 Å².